The van der Waals surface area contributed by atoms with Gasteiger partial charge in [-0.05, 0) is 86.6 Å². The molecule has 1 aliphatic rings. The summed E-state index contributed by atoms with van der Waals surface area (Å²) < 4.78 is 13.2. The summed E-state index contributed by atoms with van der Waals surface area (Å²) in [6, 6.07) is 10.8. The average Bonchev–Trinajstić information content (AvgIpc) is 3.06. The smallest absolute Gasteiger partial charge is 0.123 e. The van der Waals surface area contributed by atoms with Gasteiger partial charge < -0.3 is 22.1 Å². The first-order valence-corrected chi connectivity index (χ1v) is 9.66. The van der Waals surface area contributed by atoms with Crippen LogP contribution >= 0.6 is 49.6 Å². The third-order valence-electron chi connectivity index (χ3n) is 5.32. The van der Waals surface area contributed by atoms with Gasteiger partial charge in [0.15, 0.2) is 0 Å². The molecule has 5 nitrogen and oxygen atoms in total. The Morgan fingerprint density at radius 1 is 1.16 bits per heavy atom. The number of pyridine rings is 1. The summed E-state index contributed by atoms with van der Waals surface area (Å²) in [5.41, 5.74) is 15.5. The Labute approximate surface area is 209 Å². The number of benzene rings is 1. The molecule has 2 aromatic rings. The molecule has 1 aromatic heterocycles. The zero-order valence-corrected chi connectivity index (χ0v) is 20.8. The molecular weight excluding hydrogens is 483 g/mol. The molecule has 1 unspecified atom stereocenters. The van der Waals surface area contributed by atoms with Gasteiger partial charge >= 0.3 is 0 Å². The maximum atomic E-state index is 13.2. The van der Waals surface area contributed by atoms with Gasteiger partial charge in [-0.1, -0.05) is 12.1 Å². The fraction of sp³-hybridized carbons (Fsp3) is 0.476. The van der Waals surface area contributed by atoms with Gasteiger partial charge in [0.1, 0.15) is 11.6 Å². The van der Waals surface area contributed by atoms with Crippen LogP contribution in [-0.4, -0.2) is 37.2 Å². The van der Waals surface area contributed by atoms with E-state index in [1.165, 1.54) is 6.07 Å². The van der Waals surface area contributed by atoms with Crippen LogP contribution in [0.4, 0.5) is 10.2 Å². The van der Waals surface area contributed by atoms with Gasteiger partial charge in [-0.3, -0.25) is 0 Å². The van der Waals surface area contributed by atoms with Gasteiger partial charge in [0.05, 0.1) is 0 Å². The lowest BCUT2D eigenvalue weighted by Gasteiger charge is -2.25. The Morgan fingerprint density at radius 2 is 1.90 bits per heavy atom. The molecule has 3 atom stereocenters. The quantitative estimate of drug-likeness (QED) is 0.404. The molecule has 2 heterocycles. The van der Waals surface area contributed by atoms with E-state index in [2.05, 4.69) is 21.7 Å². The first-order chi connectivity index (χ1) is 13.0. The van der Waals surface area contributed by atoms with Crippen molar-refractivity contribution in [1.29, 1.82) is 0 Å². The summed E-state index contributed by atoms with van der Waals surface area (Å²) in [6.07, 6.45) is 1.68. The summed E-state index contributed by atoms with van der Waals surface area (Å²) in [7, 11) is 0. The zero-order chi connectivity index (χ0) is 19.2. The van der Waals surface area contributed by atoms with Crippen LogP contribution in [0.3, 0.4) is 0 Å². The number of aromatic nitrogens is 1. The highest BCUT2D eigenvalue weighted by atomic mass is 35.5. The molecule has 178 valence electrons. The number of hydrogen-bond donors (Lipinski definition) is 4. The molecule has 1 fully saturated rings. The molecular formula is C21H34Cl4FN5. The van der Waals surface area contributed by atoms with Crippen LogP contribution in [0, 0.1) is 24.6 Å². The lowest BCUT2D eigenvalue weighted by Crippen LogP contribution is -2.44. The van der Waals surface area contributed by atoms with E-state index >= 15 is 0 Å². The van der Waals surface area contributed by atoms with E-state index < -0.39 is 0 Å². The summed E-state index contributed by atoms with van der Waals surface area (Å²) >= 11 is 0. The van der Waals surface area contributed by atoms with Gasteiger partial charge in [-0.15, -0.1) is 49.6 Å². The second-order valence-electron chi connectivity index (χ2n) is 7.59. The number of hydrogen-bond acceptors (Lipinski definition) is 5. The standard InChI is InChI=1S/C21H30FN5.4ClH/c1-14-7-18(27-21(24)8-14)10-16-11-26-12-19(16)20(23)13-25-6-5-15-3-2-4-17(22)9-15;;;;/h2-4,7-9,16,19-20,25-26H,5-6,10-13,23H2,1H3,(H2,24,27);4*1H/t16-,19+,20?;;;;/m0..../s1. The molecule has 0 saturated carbocycles. The topological polar surface area (TPSA) is 89.0 Å². The fourth-order valence-corrected chi connectivity index (χ4v) is 3.96. The number of anilines is 1. The molecule has 6 N–H and O–H groups in total. The van der Waals surface area contributed by atoms with Crippen LogP contribution in [0.25, 0.3) is 0 Å². The molecule has 3 rings (SSSR count). The number of aryl methyl sites for hydroxylation is 1. The number of halogens is 5. The third kappa shape index (κ3) is 10.1. The lowest BCUT2D eigenvalue weighted by molar-refractivity contribution is 0.336. The van der Waals surface area contributed by atoms with Gasteiger partial charge in [-0.25, -0.2) is 9.37 Å². The third-order valence-corrected chi connectivity index (χ3v) is 5.32. The Bertz CT molecular complexity index is 748. The van der Waals surface area contributed by atoms with Crippen molar-refractivity contribution in [3.63, 3.8) is 0 Å². The fourth-order valence-electron chi connectivity index (χ4n) is 3.96. The number of nitrogens with one attached hydrogen (secondary N) is 2. The van der Waals surface area contributed by atoms with Gasteiger partial charge in [0, 0.05) is 18.3 Å². The van der Waals surface area contributed by atoms with Crippen LogP contribution in [0.5, 0.6) is 0 Å². The summed E-state index contributed by atoms with van der Waals surface area (Å²) in [5.74, 6) is 1.25. The highest BCUT2D eigenvalue weighted by Crippen LogP contribution is 2.24. The van der Waals surface area contributed by atoms with E-state index in [0.717, 1.165) is 55.8 Å². The first-order valence-electron chi connectivity index (χ1n) is 9.66. The minimum absolute atomic E-state index is 0. The first kappa shape index (κ1) is 32.3. The highest BCUT2D eigenvalue weighted by Gasteiger charge is 2.32. The number of nitrogens with two attached hydrogens (primary N) is 2. The van der Waals surface area contributed by atoms with Crippen molar-refractivity contribution >= 4 is 55.4 Å². The van der Waals surface area contributed by atoms with Crippen LogP contribution in [0.15, 0.2) is 36.4 Å². The van der Waals surface area contributed by atoms with E-state index in [1.807, 2.05) is 19.1 Å². The van der Waals surface area contributed by atoms with Crippen molar-refractivity contribution in [2.24, 2.45) is 17.6 Å². The van der Waals surface area contributed by atoms with Gasteiger partial charge in [-0.2, -0.15) is 0 Å². The molecule has 10 heteroatoms. The van der Waals surface area contributed by atoms with Crippen LogP contribution in [0.1, 0.15) is 16.8 Å². The van der Waals surface area contributed by atoms with Crippen LogP contribution < -0.4 is 22.1 Å². The van der Waals surface area contributed by atoms with E-state index in [-0.39, 0.29) is 61.5 Å². The SMILES string of the molecule is Cc1cc(N)nc(C[C@H]2CNC[C@H]2C(N)CNCCc2cccc(F)c2)c1.Cl.Cl.Cl.Cl. The van der Waals surface area contributed by atoms with E-state index in [0.29, 0.717) is 17.7 Å². The highest BCUT2D eigenvalue weighted by molar-refractivity contribution is 5.86. The maximum absolute atomic E-state index is 13.2. The Balaban J connectivity index is 0. The maximum Gasteiger partial charge on any atom is 0.123 e. The Kier molecular flexibility index (Phi) is 16.5. The molecule has 0 radical (unpaired) electrons. The Hall–Kier alpha value is -0.860. The minimum Gasteiger partial charge on any atom is -0.384 e. The number of nitrogen functional groups attached to an aromatic ring is 1. The van der Waals surface area contributed by atoms with E-state index in [4.69, 9.17) is 11.5 Å². The van der Waals surface area contributed by atoms with Gasteiger partial charge in [0.25, 0.3) is 0 Å². The van der Waals surface area contributed by atoms with Crippen molar-refractivity contribution in [2.75, 3.05) is 31.9 Å². The molecule has 0 bridgehead atoms. The van der Waals surface area contributed by atoms with E-state index in [1.54, 1.807) is 12.1 Å². The molecule has 31 heavy (non-hydrogen) atoms. The summed E-state index contributed by atoms with van der Waals surface area (Å²) in [4.78, 5) is 4.47. The van der Waals surface area contributed by atoms with Crippen molar-refractivity contribution in [3.8, 4) is 0 Å². The van der Waals surface area contributed by atoms with Crippen molar-refractivity contribution in [2.45, 2.75) is 25.8 Å². The molecule has 0 aliphatic carbocycles. The Morgan fingerprint density at radius 3 is 2.58 bits per heavy atom. The minimum atomic E-state index is -0.186. The van der Waals surface area contributed by atoms with Crippen LogP contribution in [-0.2, 0) is 12.8 Å². The predicted octanol–water partition coefficient (Wildman–Crippen LogP) is 3.34. The normalized spacial score (nSPS) is 18.0. The molecule has 1 aliphatic heterocycles. The zero-order valence-electron chi connectivity index (χ0n) is 17.6. The second-order valence-corrected chi connectivity index (χ2v) is 7.59. The molecule has 1 aromatic carbocycles. The largest absolute Gasteiger partial charge is 0.384 e. The monoisotopic (exact) mass is 515 g/mol. The van der Waals surface area contributed by atoms with Crippen LogP contribution in [0.2, 0.25) is 0 Å². The molecule has 0 spiro atoms. The lowest BCUT2D eigenvalue weighted by atomic mass is 9.86. The van der Waals surface area contributed by atoms with Crippen molar-refractivity contribution in [3.05, 3.63) is 59.0 Å². The van der Waals surface area contributed by atoms with Gasteiger partial charge in [0.2, 0.25) is 0 Å². The summed E-state index contributed by atoms with van der Waals surface area (Å²) in [6.45, 7) is 5.47. The average molecular weight is 517 g/mol. The van der Waals surface area contributed by atoms with Crippen molar-refractivity contribution in [1.82, 2.24) is 15.6 Å². The molecule has 1 saturated heterocycles. The second kappa shape index (κ2) is 15.9. The number of nitrogens with zero attached hydrogens (tertiary/aromatic N) is 1. The van der Waals surface area contributed by atoms with Crippen molar-refractivity contribution < 1.29 is 4.39 Å². The predicted molar refractivity (Wildman–Crippen MR) is 137 cm³/mol. The number of rotatable bonds is 8. The summed E-state index contributed by atoms with van der Waals surface area (Å²) in [5, 5.41) is 6.89. The van der Waals surface area contributed by atoms with E-state index in [9.17, 15) is 4.39 Å². The molecule has 0 amide bonds.